The molecule has 2 heterocycles. The fourth-order valence-corrected chi connectivity index (χ4v) is 2.52. The van der Waals surface area contributed by atoms with Crippen LogP contribution in [0, 0.1) is 6.92 Å². The summed E-state index contributed by atoms with van der Waals surface area (Å²) >= 11 is 1.59. The summed E-state index contributed by atoms with van der Waals surface area (Å²) in [5.41, 5.74) is 2.32. The molecule has 1 amide bonds. The summed E-state index contributed by atoms with van der Waals surface area (Å²) in [6, 6.07) is 1.74. The van der Waals surface area contributed by atoms with Crippen molar-refractivity contribution in [2.75, 3.05) is 18.9 Å². The summed E-state index contributed by atoms with van der Waals surface area (Å²) in [5.74, 6) is -0.0333. The molecule has 0 spiro atoms. The van der Waals surface area contributed by atoms with Gasteiger partial charge < -0.3 is 10.2 Å². The van der Waals surface area contributed by atoms with Crippen molar-refractivity contribution in [3.63, 3.8) is 0 Å². The van der Waals surface area contributed by atoms with Crippen LogP contribution in [0.1, 0.15) is 28.0 Å². The molecule has 0 unspecified atom stereocenters. The van der Waals surface area contributed by atoms with Crippen molar-refractivity contribution in [3.8, 4) is 0 Å². The van der Waals surface area contributed by atoms with Gasteiger partial charge in [0.05, 0.1) is 34.7 Å². The minimum absolute atomic E-state index is 0.0333. The molecule has 5 nitrogen and oxygen atoms in total. The maximum absolute atomic E-state index is 12.5. The first-order valence-electron chi connectivity index (χ1n) is 6.46. The molecule has 0 bridgehead atoms. The van der Waals surface area contributed by atoms with Crippen LogP contribution in [-0.4, -0.2) is 34.4 Å². The molecule has 0 aliphatic carbocycles. The molecule has 6 heteroatoms. The number of nitrogens with zero attached hydrogens (tertiary/aromatic N) is 3. The van der Waals surface area contributed by atoms with E-state index in [9.17, 15) is 4.79 Å². The van der Waals surface area contributed by atoms with E-state index >= 15 is 0 Å². The summed E-state index contributed by atoms with van der Waals surface area (Å²) in [6.45, 7) is 5.21. The Hall–Kier alpha value is -1.95. The minimum atomic E-state index is -0.0333. The molecule has 0 aliphatic heterocycles. The first kappa shape index (κ1) is 14.5. The normalized spacial score (nSPS) is 10.3. The van der Waals surface area contributed by atoms with E-state index in [0.29, 0.717) is 12.1 Å². The summed E-state index contributed by atoms with van der Waals surface area (Å²) in [7, 11) is 1.78. The average Bonchev–Trinajstić information content (AvgIpc) is 2.84. The van der Waals surface area contributed by atoms with Gasteiger partial charge in [-0.1, -0.05) is 0 Å². The van der Waals surface area contributed by atoms with E-state index in [1.165, 1.54) is 0 Å². The van der Waals surface area contributed by atoms with Crippen LogP contribution in [-0.2, 0) is 6.54 Å². The van der Waals surface area contributed by atoms with Gasteiger partial charge in [-0.3, -0.25) is 9.78 Å². The Labute approximate surface area is 122 Å². The van der Waals surface area contributed by atoms with Crippen molar-refractivity contribution in [2.45, 2.75) is 20.4 Å². The molecule has 0 saturated heterocycles. The molecule has 2 aromatic rings. The first-order chi connectivity index (χ1) is 9.61. The van der Waals surface area contributed by atoms with Gasteiger partial charge in [0.2, 0.25) is 0 Å². The Morgan fingerprint density at radius 1 is 1.50 bits per heavy atom. The van der Waals surface area contributed by atoms with Gasteiger partial charge >= 0.3 is 0 Å². The van der Waals surface area contributed by atoms with Crippen molar-refractivity contribution in [1.29, 1.82) is 0 Å². The number of hydrogen-bond donors (Lipinski definition) is 1. The maximum Gasteiger partial charge on any atom is 0.256 e. The summed E-state index contributed by atoms with van der Waals surface area (Å²) < 4.78 is 0. The van der Waals surface area contributed by atoms with Gasteiger partial charge in [0.25, 0.3) is 5.91 Å². The zero-order valence-electron chi connectivity index (χ0n) is 11.9. The fraction of sp³-hybridized carbons (Fsp3) is 0.357. The van der Waals surface area contributed by atoms with Gasteiger partial charge in [0.1, 0.15) is 0 Å². The van der Waals surface area contributed by atoms with Crippen LogP contribution in [0.3, 0.4) is 0 Å². The second-order valence-electron chi connectivity index (χ2n) is 4.47. The largest absolute Gasteiger partial charge is 0.383 e. The molecule has 0 radical (unpaired) electrons. The van der Waals surface area contributed by atoms with Crippen LogP contribution in [0.25, 0.3) is 0 Å². The maximum atomic E-state index is 12.5. The molecule has 2 aromatic heterocycles. The number of amides is 1. The van der Waals surface area contributed by atoms with Crippen LogP contribution in [0.2, 0.25) is 0 Å². The lowest BCUT2D eigenvalue weighted by Crippen LogP contribution is -2.27. The average molecular weight is 290 g/mol. The molecule has 20 heavy (non-hydrogen) atoms. The highest BCUT2D eigenvalue weighted by Crippen LogP contribution is 2.17. The van der Waals surface area contributed by atoms with E-state index in [0.717, 1.165) is 22.9 Å². The van der Waals surface area contributed by atoms with Gasteiger partial charge in [-0.05, 0) is 19.9 Å². The lowest BCUT2D eigenvalue weighted by molar-refractivity contribution is 0.0784. The van der Waals surface area contributed by atoms with E-state index in [1.54, 1.807) is 41.7 Å². The monoisotopic (exact) mass is 290 g/mol. The highest BCUT2D eigenvalue weighted by molar-refractivity contribution is 7.09. The number of carbonyl (C=O) groups excluding carboxylic acids is 1. The molecule has 2 rings (SSSR count). The third-order valence-corrected chi connectivity index (χ3v) is 3.65. The van der Waals surface area contributed by atoms with Crippen molar-refractivity contribution >= 4 is 22.9 Å². The number of aryl methyl sites for hydroxylation is 1. The Morgan fingerprint density at radius 2 is 2.30 bits per heavy atom. The number of thiazole rings is 1. The zero-order chi connectivity index (χ0) is 14.5. The van der Waals surface area contributed by atoms with Gasteiger partial charge in [0, 0.05) is 25.2 Å². The third kappa shape index (κ3) is 3.33. The third-order valence-electron chi connectivity index (χ3n) is 2.83. The van der Waals surface area contributed by atoms with Gasteiger partial charge in [-0.15, -0.1) is 11.3 Å². The smallest absolute Gasteiger partial charge is 0.256 e. The van der Waals surface area contributed by atoms with E-state index < -0.39 is 0 Å². The van der Waals surface area contributed by atoms with Crippen LogP contribution in [0.5, 0.6) is 0 Å². The van der Waals surface area contributed by atoms with Crippen molar-refractivity contribution in [2.24, 2.45) is 0 Å². The highest BCUT2D eigenvalue weighted by atomic mass is 32.1. The predicted octanol–water partition coefficient (Wildman–Crippen LogP) is 2.55. The second kappa shape index (κ2) is 6.47. The Morgan fingerprint density at radius 3 is 2.95 bits per heavy atom. The number of nitrogens with one attached hydrogen (secondary N) is 1. The van der Waals surface area contributed by atoms with Gasteiger partial charge in [-0.25, -0.2) is 4.98 Å². The number of rotatable bonds is 5. The van der Waals surface area contributed by atoms with Crippen LogP contribution in [0.15, 0.2) is 23.8 Å². The molecule has 0 saturated carbocycles. The molecule has 0 atom stereocenters. The van der Waals surface area contributed by atoms with E-state index in [4.69, 9.17) is 0 Å². The second-order valence-corrected chi connectivity index (χ2v) is 5.53. The van der Waals surface area contributed by atoms with Crippen LogP contribution < -0.4 is 5.32 Å². The van der Waals surface area contributed by atoms with Crippen molar-refractivity contribution < 1.29 is 4.79 Å². The Kier molecular flexibility index (Phi) is 4.68. The van der Waals surface area contributed by atoms with Crippen molar-refractivity contribution in [1.82, 2.24) is 14.9 Å². The topological polar surface area (TPSA) is 58.1 Å². The Bertz CT molecular complexity index is 596. The standard InChI is InChI=1S/C14H18N4OS/c1-4-16-13-7-15-6-5-12(13)14(19)18(3)8-11-9-20-10(2)17-11/h5-7,9,16H,4,8H2,1-3H3. The molecule has 1 N–H and O–H groups in total. The number of pyridine rings is 1. The molecule has 106 valence electrons. The van der Waals surface area contributed by atoms with Gasteiger partial charge in [0.15, 0.2) is 0 Å². The molecular formula is C14H18N4OS. The minimum Gasteiger partial charge on any atom is -0.383 e. The Balaban J connectivity index is 2.14. The lowest BCUT2D eigenvalue weighted by atomic mass is 10.2. The quantitative estimate of drug-likeness (QED) is 0.919. The summed E-state index contributed by atoms with van der Waals surface area (Å²) in [5, 5.41) is 6.15. The fourth-order valence-electron chi connectivity index (χ4n) is 1.91. The lowest BCUT2D eigenvalue weighted by Gasteiger charge is -2.18. The summed E-state index contributed by atoms with van der Waals surface area (Å²) in [6.07, 6.45) is 3.31. The van der Waals surface area contributed by atoms with Crippen molar-refractivity contribution in [3.05, 3.63) is 40.1 Å². The number of anilines is 1. The molecule has 0 aliphatic rings. The molecular weight excluding hydrogens is 272 g/mol. The predicted molar refractivity (Wildman–Crippen MR) is 81.0 cm³/mol. The van der Waals surface area contributed by atoms with E-state index in [-0.39, 0.29) is 5.91 Å². The van der Waals surface area contributed by atoms with E-state index in [2.05, 4.69) is 15.3 Å². The zero-order valence-corrected chi connectivity index (χ0v) is 12.7. The number of carbonyl (C=O) groups is 1. The SMILES string of the molecule is CCNc1cnccc1C(=O)N(C)Cc1csc(C)n1. The summed E-state index contributed by atoms with van der Waals surface area (Å²) in [4.78, 5) is 22.6. The molecule has 0 aromatic carbocycles. The van der Waals surface area contributed by atoms with Gasteiger partial charge in [-0.2, -0.15) is 0 Å². The van der Waals surface area contributed by atoms with Crippen LogP contribution >= 0.6 is 11.3 Å². The highest BCUT2D eigenvalue weighted by Gasteiger charge is 2.16. The first-order valence-corrected chi connectivity index (χ1v) is 7.34. The van der Waals surface area contributed by atoms with Crippen LogP contribution in [0.4, 0.5) is 5.69 Å². The van der Waals surface area contributed by atoms with E-state index in [1.807, 2.05) is 19.2 Å². The number of hydrogen-bond acceptors (Lipinski definition) is 5. The number of aromatic nitrogens is 2. The molecule has 0 fully saturated rings.